The van der Waals surface area contributed by atoms with Crippen molar-refractivity contribution in [3.63, 3.8) is 0 Å². The van der Waals surface area contributed by atoms with E-state index in [2.05, 4.69) is 26.1 Å². The molecule has 0 spiro atoms. The minimum absolute atomic E-state index is 0.368. The number of para-hydroxylation sites is 1. The molecule has 26 heavy (non-hydrogen) atoms. The van der Waals surface area contributed by atoms with Crippen LogP contribution in [0.25, 0.3) is 0 Å². The molecule has 7 nitrogen and oxygen atoms in total. The van der Waals surface area contributed by atoms with Crippen LogP contribution in [-0.2, 0) is 0 Å². The van der Waals surface area contributed by atoms with E-state index in [4.69, 9.17) is 0 Å². The van der Waals surface area contributed by atoms with Crippen LogP contribution >= 0.6 is 0 Å². The Kier molecular flexibility index (Phi) is 5.28. The van der Waals surface area contributed by atoms with Crippen molar-refractivity contribution in [3.8, 4) is 0 Å². The zero-order valence-corrected chi connectivity index (χ0v) is 14.6. The Morgan fingerprint density at radius 3 is 2.04 bits per heavy atom. The third kappa shape index (κ3) is 4.70. The van der Waals surface area contributed by atoms with E-state index < -0.39 is 0 Å². The van der Waals surface area contributed by atoms with Gasteiger partial charge in [-0.1, -0.05) is 18.2 Å². The quantitative estimate of drug-likeness (QED) is 0.651. The Bertz CT molecular complexity index is 847. The zero-order chi connectivity index (χ0) is 18.4. The molecular formula is C19H20N6O. The van der Waals surface area contributed by atoms with E-state index in [9.17, 15) is 4.79 Å². The number of hydrogen-bond acceptors (Lipinski definition) is 5. The van der Waals surface area contributed by atoms with Gasteiger partial charge in [-0.15, -0.1) is 10.2 Å². The highest BCUT2D eigenvalue weighted by Gasteiger charge is 2.05. The number of rotatable bonds is 5. The summed E-state index contributed by atoms with van der Waals surface area (Å²) in [6.07, 6.45) is 0. The summed E-state index contributed by atoms with van der Waals surface area (Å²) in [5.41, 5.74) is 2.73. The number of amides is 2. The number of carbonyl (C=O) groups is 1. The minimum Gasteiger partial charge on any atom is -0.378 e. The molecule has 1 heterocycles. The molecule has 0 fully saturated rings. The number of aromatic nitrogens is 2. The standard InChI is InChI=1S/C19H20N6O/c1-25(2)16-10-8-15(9-11-16)20-17-12-13-18(24-23-17)22-19(26)21-14-6-4-3-5-7-14/h3-13H,1-2H3,(H,20,23)(H2,21,22,24,26). The molecule has 3 aromatic rings. The van der Waals surface area contributed by atoms with Crippen LogP contribution in [0.3, 0.4) is 0 Å². The summed E-state index contributed by atoms with van der Waals surface area (Å²) in [4.78, 5) is 14.0. The van der Waals surface area contributed by atoms with E-state index in [-0.39, 0.29) is 6.03 Å². The smallest absolute Gasteiger partial charge is 0.324 e. The fourth-order valence-electron chi connectivity index (χ4n) is 2.26. The lowest BCUT2D eigenvalue weighted by molar-refractivity contribution is 0.262. The maximum absolute atomic E-state index is 11.9. The summed E-state index contributed by atoms with van der Waals surface area (Å²) in [5, 5.41) is 16.6. The highest BCUT2D eigenvalue weighted by atomic mass is 16.2. The monoisotopic (exact) mass is 348 g/mol. The molecule has 0 aliphatic rings. The third-order valence-corrected chi connectivity index (χ3v) is 3.59. The Hall–Kier alpha value is -3.61. The minimum atomic E-state index is -0.370. The molecule has 132 valence electrons. The number of nitrogens with one attached hydrogen (secondary N) is 3. The summed E-state index contributed by atoms with van der Waals surface area (Å²) in [5.74, 6) is 0.962. The molecule has 0 saturated carbocycles. The SMILES string of the molecule is CN(C)c1ccc(Nc2ccc(NC(=O)Nc3ccccc3)nn2)cc1. The number of hydrogen-bond donors (Lipinski definition) is 3. The average molecular weight is 348 g/mol. The fraction of sp³-hybridized carbons (Fsp3) is 0.105. The largest absolute Gasteiger partial charge is 0.378 e. The van der Waals surface area contributed by atoms with Gasteiger partial charge in [-0.3, -0.25) is 5.32 Å². The number of nitrogens with zero attached hydrogens (tertiary/aromatic N) is 3. The van der Waals surface area contributed by atoms with Gasteiger partial charge in [-0.05, 0) is 48.5 Å². The second-order valence-electron chi connectivity index (χ2n) is 5.82. The van der Waals surface area contributed by atoms with Gasteiger partial charge < -0.3 is 15.5 Å². The van der Waals surface area contributed by atoms with Gasteiger partial charge in [-0.2, -0.15) is 0 Å². The lowest BCUT2D eigenvalue weighted by atomic mass is 10.2. The summed E-state index contributed by atoms with van der Waals surface area (Å²) in [7, 11) is 3.99. The molecule has 0 saturated heterocycles. The van der Waals surface area contributed by atoms with Crippen molar-refractivity contribution < 1.29 is 4.79 Å². The average Bonchev–Trinajstić information content (AvgIpc) is 2.64. The molecule has 0 aliphatic heterocycles. The van der Waals surface area contributed by atoms with Crippen molar-refractivity contribution in [1.29, 1.82) is 0 Å². The van der Waals surface area contributed by atoms with Crippen LogP contribution in [0.4, 0.5) is 33.5 Å². The number of benzene rings is 2. The van der Waals surface area contributed by atoms with Gasteiger partial charge >= 0.3 is 6.03 Å². The molecule has 2 aromatic carbocycles. The van der Waals surface area contributed by atoms with Crippen molar-refractivity contribution in [2.45, 2.75) is 0 Å². The van der Waals surface area contributed by atoms with Crippen LogP contribution in [0.2, 0.25) is 0 Å². The summed E-state index contributed by atoms with van der Waals surface area (Å²) < 4.78 is 0. The van der Waals surface area contributed by atoms with Crippen LogP contribution in [-0.4, -0.2) is 30.3 Å². The predicted octanol–water partition coefficient (Wildman–Crippen LogP) is 3.93. The van der Waals surface area contributed by atoms with E-state index in [0.29, 0.717) is 17.3 Å². The van der Waals surface area contributed by atoms with E-state index in [1.165, 1.54) is 0 Å². The van der Waals surface area contributed by atoms with Crippen LogP contribution in [0.1, 0.15) is 0 Å². The zero-order valence-electron chi connectivity index (χ0n) is 14.6. The number of urea groups is 1. The van der Waals surface area contributed by atoms with Crippen LogP contribution < -0.4 is 20.9 Å². The lowest BCUT2D eigenvalue weighted by Gasteiger charge is -2.13. The second-order valence-corrected chi connectivity index (χ2v) is 5.82. The van der Waals surface area contributed by atoms with E-state index in [1.807, 2.05) is 61.5 Å². The van der Waals surface area contributed by atoms with E-state index in [1.54, 1.807) is 24.3 Å². The molecule has 1 aromatic heterocycles. The highest BCUT2D eigenvalue weighted by Crippen LogP contribution is 2.19. The third-order valence-electron chi connectivity index (χ3n) is 3.59. The summed E-state index contributed by atoms with van der Waals surface area (Å²) >= 11 is 0. The van der Waals surface area contributed by atoms with Gasteiger partial charge in [0, 0.05) is 31.2 Å². The first kappa shape index (κ1) is 17.2. The normalized spacial score (nSPS) is 10.1. The Labute approximate surface area is 152 Å². The molecule has 3 rings (SSSR count). The van der Waals surface area contributed by atoms with Crippen LogP contribution in [0.15, 0.2) is 66.7 Å². The maximum Gasteiger partial charge on any atom is 0.324 e. The molecule has 0 radical (unpaired) electrons. The highest BCUT2D eigenvalue weighted by molar-refractivity contribution is 5.99. The molecule has 0 aliphatic carbocycles. The first-order valence-electron chi connectivity index (χ1n) is 8.11. The van der Waals surface area contributed by atoms with Crippen molar-refractivity contribution in [1.82, 2.24) is 10.2 Å². The maximum atomic E-state index is 11.9. The molecule has 7 heteroatoms. The molecule has 2 amide bonds. The fourth-order valence-corrected chi connectivity index (χ4v) is 2.26. The predicted molar refractivity (Wildman–Crippen MR) is 105 cm³/mol. The molecule has 0 unspecified atom stereocenters. The van der Waals surface area contributed by atoms with Crippen molar-refractivity contribution in [2.75, 3.05) is 34.9 Å². The number of anilines is 5. The number of carbonyl (C=O) groups excluding carboxylic acids is 1. The van der Waals surface area contributed by atoms with Gasteiger partial charge in [0.05, 0.1) is 0 Å². The lowest BCUT2D eigenvalue weighted by Crippen LogP contribution is -2.20. The topological polar surface area (TPSA) is 82.2 Å². The van der Waals surface area contributed by atoms with Crippen molar-refractivity contribution in [2.24, 2.45) is 0 Å². The van der Waals surface area contributed by atoms with Crippen molar-refractivity contribution in [3.05, 3.63) is 66.7 Å². The van der Waals surface area contributed by atoms with Crippen LogP contribution in [0, 0.1) is 0 Å². The van der Waals surface area contributed by atoms with Gasteiger partial charge in [0.2, 0.25) is 0 Å². The first-order chi connectivity index (χ1) is 12.6. The molecule has 0 bridgehead atoms. The van der Waals surface area contributed by atoms with Gasteiger partial charge in [-0.25, -0.2) is 4.79 Å². The van der Waals surface area contributed by atoms with Gasteiger partial charge in [0.25, 0.3) is 0 Å². The Morgan fingerprint density at radius 2 is 1.42 bits per heavy atom. The van der Waals surface area contributed by atoms with E-state index >= 15 is 0 Å². The molecular weight excluding hydrogens is 328 g/mol. The Morgan fingerprint density at radius 1 is 0.769 bits per heavy atom. The van der Waals surface area contributed by atoms with Gasteiger partial charge in [0.1, 0.15) is 0 Å². The summed E-state index contributed by atoms with van der Waals surface area (Å²) in [6, 6.07) is 20.2. The van der Waals surface area contributed by atoms with Gasteiger partial charge in [0.15, 0.2) is 11.6 Å². The molecule has 0 atom stereocenters. The van der Waals surface area contributed by atoms with Crippen molar-refractivity contribution >= 4 is 34.7 Å². The summed E-state index contributed by atoms with van der Waals surface area (Å²) in [6.45, 7) is 0. The first-order valence-corrected chi connectivity index (χ1v) is 8.11. The molecule has 3 N–H and O–H groups in total. The van der Waals surface area contributed by atoms with E-state index in [0.717, 1.165) is 11.4 Å². The van der Waals surface area contributed by atoms with Crippen LogP contribution in [0.5, 0.6) is 0 Å². The second kappa shape index (κ2) is 7.98. The Balaban J connectivity index is 1.57.